The van der Waals surface area contributed by atoms with Crippen LogP contribution in [-0.2, 0) is 5.41 Å². The molecule has 5 nitrogen and oxygen atoms in total. The van der Waals surface area contributed by atoms with Gasteiger partial charge >= 0.3 is 0 Å². The van der Waals surface area contributed by atoms with Crippen LogP contribution >= 0.6 is 23.2 Å². The van der Waals surface area contributed by atoms with Gasteiger partial charge in [0.15, 0.2) is 0 Å². The molecule has 1 amide bonds. The molecule has 1 aromatic heterocycles. The van der Waals surface area contributed by atoms with Gasteiger partial charge in [0, 0.05) is 17.7 Å². The number of anilines is 1. The Kier molecular flexibility index (Phi) is 4.17. The van der Waals surface area contributed by atoms with Crippen molar-refractivity contribution in [3.63, 3.8) is 0 Å². The van der Waals surface area contributed by atoms with E-state index in [1.807, 2.05) is 0 Å². The lowest BCUT2D eigenvalue weighted by Gasteiger charge is -2.12. The van der Waals surface area contributed by atoms with Gasteiger partial charge in [0.25, 0.3) is 5.91 Å². The Hall–Kier alpha value is -1.85. The number of nitrogens with zero attached hydrogens (tertiary/aromatic N) is 2. The van der Waals surface area contributed by atoms with E-state index in [0.29, 0.717) is 22.2 Å². The van der Waals surface area contributed by atoms with Crippen LogP contribution in [-0.4, -0.2) is 23.0 Å². The molecule has 1 aliphatic carbocycles. The number of nitrogens with one attached hydrogen (secondary N) is 1. The Balaban J connectivity index is 1.86. The maximum atomic E-state index is 12.5. The molecule has 0 aliphatic heterocycles. The minimum absolute atomic E-state index is 0.0298. The summed E-state index contributed by atoms with van der Waals surface area (Å²) in [6.45, 7) is 2.11. The number of amides is 1. The van der Waals surface area contributed by atoms with Gasteiger partial charge < -0.3 is 10.1 Å². The van der Waals surface area contributed by atoms with Crippen molar-refractivity contribution in [2.75, 3.05) is 12.4 Å². The molecule has 1 heterocycles. The molecule has 0 spiro atoms. The van der Waals surface area contributed by atoms with Crippen molar-refractivity contribution in [1.29, 1.82) is 0 Å². The molecule has 1 fully saturated rings. The Morgan fingerprint density at radius 1 is 1.30 bits per heavy atom. The lowest BCUT2D eigenvalue weighted by Crippen LogP contribution is -2.16. The Morgan fingerprint density at radius 2 is 2.00 bits per heavy atom. The number of methoxy groups -OCH3 is 1. The summed E-state index contributed by atoms with van der Waals surface area (Å²) in [4.78, 5) is 21.2. The van der Waals surface area contributed by atoms with E-state index in [4.69, 9.17) is 27.9 Å². The number of hydrogen-bond acceptors (Lipinski definition) is 4. The zero-order chi connectivity index (χ0) is 16.6. The van der Waals surface area contributed by atoms with Crippen molar-refractivity contribution < 1.29 is 9.53 Å². The third-order valence-electron chi connectivity index (χ3n) is 3.92. The van der Waals surface area contributed by atoms with Crippen molar-refractivity contribution in [1.82, 2.24) is 9.97 Å². The number of halogens is 2. The monoisotopic (exact) mass is 351 g/mol. The van der Waals surface area contributed by atoms with Crippen molar-refractivity contribution >= 4 is 34.9 Å². The van der Waals surface area contributed by atoms with Crippen molar-refractivity contribution in [2.45, 2.75) is 25.2 Å². The Bertz CT molecular complexity index is 776. The minimum atomic E-state index is -0.369. The first-order chi connectivity index (χ1) is 10.9. The highest BCUT2D eigenvalue weighted by atomic mass is 35.5. The minimum Gasteiger partial charge on any atom is -0.496 e. The molecule has 23 heavy (non-hydrogen) atoms. The predicted octanol–water partition coefficient (Wildman–Crippen LogP) is 4.10. The highest BCUT2D eigenvalue weighted by molar-refractivity contribution is 6.42. The van der Waals surface area contributed by atoms with E-state index in [1.165, 1.54) is 19.2 Å². The molecule has 0 atom stereocenters. The quantitative estimate of drug-likeness (QED) is 0.900. The molecule has 1 N–H and O–H groups in total. The Morgan fingerprint density at radius 3 is 2.65 bits per heavy atom. The van der Waals surface area contributed by atoms with Crippen LogP contribution in [0.25, 0.3) is 0 Å². The molecule has 1 aromatic carbocycles. The number of benzene rings is 1. The number of carbonyl (C=O) groups is 1. The number of hydrogen-bond donors (Lipinski definition) is 1. The lowest BCUT2D eigenvalue weighted by molar-refractivity contribution is 0.102. The van der Waals surface area contributed by atoms with Gasteiger partial charge in [0.05, 0.1) is 22.7 Å². The number of ether oxygens (including phenoxy) is 1. The first-order valence-electron chi connectivity index (χ1n) is 7.11. The van der Waals surface area contributed by atoms with E-state index in [0.717, 1.165) is 18.7 Å². The van der Waals surface area contributed by atoms with E-state index in [9.17, 15) is 4.79 Å². The fraction of sp³-hybridized carbons (Fsp3) is 0.312. The third kappa shape index (κ3) is 3.26. The van der Waals surface area contributed by atoms with Gasteiger partial charge in [-0.3, -0.25) is 4.79 Å². The molecule has 7 heteroatoms. The summed E-state index contributed by atoms with van der Waals surface area (Å²) in [5.74, 6) is 1.17. The molecule has 1 saturated carbocycles. The van der Waals surface area contributed by atoms with Gasteiger partial charge in [-0.25, -0.2) is 9.97 Å². The summed E-state index contributed by atoms with van der Waals surface area (Å²) in [5, 5.41) is 3.36. The Labute approximate surface area is 144 Å². The zero-order valence-corrected chi connectivity index (χ0v) is 14.2. The smallest absolute Gasteiger partial charge is 0.260 e. The lowest BCUT2D eigenvalue weighted by atomic mass is 10.1. The number of aromatic nitrogens is 2. The van der Waals surface area contributed by atoms with E-state index in [-0.39, 0.29) is 16.3 Å². The topological polar surface area (TPSA) is 64.1 Å². The molecular formula is C16H15Cl2N3O2. The molecule has 0 unspecified atom stereocenters. The van der Waals surface area contributed by atoms with Gasteiger partial charge in [-0.15, -0.1) is 0 Å². The first kappa shape index (κ1) is 16.0. The first-order valence-corrected chi connectivity index (χ1v) is 7.86. The second kappa shape index (κ2) is 5.98. The van der Waals surface area contributed by atoms with Crippen LogP contribution in [0.2, 0.25) is 10.0 Å². The fourth-order valence-corrected chi connectivity index (χ4v) is 2.51. The van der Waals surface area contributed by atoms with Gasteiger partial charge in [0.2, 0.25) is 0 Å². The largest absolute Gasteiger partial charge is 0.496 e. The van der Waals surface area contributed by atoms with Gasteiger partial charge in [0.1, 0.15) is 17.4 Å². The van der Waals surface area contributed by atoms with E-state index < -0.39 is 0 Å². The van der Waals surface area contributed by atoms with Crippen molar-refractivity contribution in [2.24, 2.45) is 0 Å². The molecule has 0 saturated heterocycles. The predicted molar refractivity (Wildman–Crippen MR) is 89.6 cm³/mol. The van der Waals surface area contributed by atoms with Gasteiger partial charge in [-0.05, 0) is 25.0 Å². The number of rotatable bonds is 4. The second-order valence-corrected chi connectivity index (χ2v) is 6.56. The highest BCUT2D eigenvalue weighted by Crippen LogP contribution is 2.45. The summed E-state index contributed by atoms with van der Waals surface area (Å²) < 4.78 is 5.19. The summed E-state index contributed by atoms with van der Waals surface area (Å²) in [6, 6.07) is 4.63. The average Bonchev–Trinajstić information content (AvgIpc) is 3.29. The van der Waals surface area contributed by atoms with Crippen LogP contribution in [0.5, 0.6) is 5.75 Å². The summed E-state index contributed by atoms with van der Waals surface area (Å²) in [7, 11) is 1.47. The van der Waals surface area contributed by atoms with Crippen LogP contribution in [0.3, 0.4) is 0 Å². The maximum absolute atomic E-state index is 12.5. The molecule has 3 rings (SSSR count). The number of carbonyl (C=O) groups excluding carboxylic acids is 1. The van der Waals surface area contributed by atoms with E-state index >= 15 is 0 Å². The van der Waals surface area contributed by atoms with Crippen LogP contribution in [0.4, 0.5) is 5.82 Å². The summed E-state index contributed by atoms with van der Waals surface area (Å²) in [6.07, 6.45) is 3.77. The molecule has 120 valence electrons. The van der Waals surface area contributed by atoms with E-state index in [2.05, 4.69) is 22.2 Å². The second-order valence-electron chi connectivity index (χ2n) is 5.75. The summed E-state index contributed by atoms with van der Waals surface area (Å²) >= 11 is 11.9. The third-order valence-corrected chi connectivity index (χ3v) is 4.65. The fourth-order valence-electron chi connectivity index (χ4n) is 2.19. The average molecular weight is 352 g/mol. The summed E-state index contributed by atoms with van der Waals surface area (Å²) in [5.41, 5.74) is 0.321. The van der Waals surface area contributed by atoms with Crippen LogP contribution in [0.1, 0.15) is 35.9 Å². The maximum Gasteiger partial charge on any atom is 0.260 e. The molecular weight excluding hydrogens is 337 g/mol. The van der Waals surface area contributed by atoms with Crippen molar-refractivity contribution in [3.8, 4) is 5.75 Å². The van der Waals surface area contributed by atoms with Gasteiger partial charge in [-0.1, -0.05) is 30.1 Å². The molecule has 0 bridgehead atoms. The van der Waals surface area contributed by atoms with E-state index in [1.54, 1.807) is 12.3 Å². The zero-order valence-electron chi connectivity index (χ0n) is 12.7. The standard InChI is InChI=1S/C16H15Cl2N3O2/c1-16(4-5-16)15-19-6-3-13(21-15)20-14(22)9-7-10(17)11(18)8-12(9)23-2/h3,6-8H,4-5H2,1-2H3,(H,19,20,21,22). The molecule has 0 radical (unpaired) electrons. The van der Waals surface area contributed by atoms with Crippen LogP contribution in [0.15, 0.2) is 24.4 Å². The normalized spacial score (nSPS) is 15.1. The molecule has 1 aliphatic rings. The SMILES string of the molecule is COc1cc(Cl)c(Cl)cc1C(=O)Nc1ccnc(C2(C)CC2)n1. The molecule has 2 aromatic rings. The van der Waals surface area contributed by atoms with Gasteiger partial charge in [-0.2, -0.15) is 0 Å². The highest BCUT2D eigenvalue weighted by Gasteiger charge is 2.42. The van der Waals surface area contributed by atoms with Crippen LogP contribution in [0, 0.1) is 0 Å². The van der Waals surface area contributed by atoms with Crippen molar-refractivity contribution in [3.05, 3.63) is 45.8 Å². The van der Waals surface area contributed by atoms with Crippen LogP contribution < -0.4 is 10.1 Å².